The van der Waals surface area contributed by atoms with Crippen molar-refractivity contribution in [1.29, 1.82) is 0 Å². The van der Waals surface area contributed by atoms with E-state index in [0.717, 1.165) is 12.0 Å². The average Bonchev–Trinajstić information content (AvgIpc) is 2.75. The molecule has 2 aromatic rings. The van der Waals surface area contributed by atoms with Gasteiger partial charge in [0.1, 0.15) is 0 Å². The van der Waals surface area contributed by atoms with Crippen molar-refractivity contribution in [2.45, 2.75) is 6.42 Å². The minimum absolute atomic E-state index is 0.0104. The topological polar surface area (TPSA) is 17.1 Å². The Hall–Kier alpha value is -2.15. The Morgan fingerprint density at radius 3 is 2.65 bits per heavy atom. The van der Waals surface area contributed by atoms with Crippen molar-refractivity contribution >= 4 is 5.78 Å². The third-order valence-electron chi connectivity index (χ3n) is 3.26. The SMILES string of the molecule is C=CC(=O)c1ccc2c(c1)Cc1ccccc1-2. The molecule has 0 aromatic heterocycles. The summed E-state index contributed by atoms with van der Waals surface area (Å²) in [7, 11) is 0. The van der Waals surface area contributed by atoms with Crippen molar-refractivity contribution in [3.05, 3.63) is 71.8 Å². The van der Waals surface area contributed by atoms with Gasteiger partial charge in [-0.15, -0.1) is 0 Å². The average molecular weight is 220 g/mol. The molecule has 0 saturated heterocycles. The van der Waals surface area contributed by atoms with Crippen LogP contribution in [0.4, 0.5) is 0 Å². The molecule has 1 aliphatic rings. The molecule has 82 valence electrons. The number of benzene rings is 2. The minimum Gasteiger partial charge on any atom is -0.289 e. The van der Waals surface area contributed by atoms with E-state index in [1.54, 1.807) is 0 Å². The summed E-state index contributed by atoms with van der Waals surface area (Å²) < 4.78 is 0. The fourth-order valence-electron chi connectivity index (χ4n) is 2.42. The van der Waals surface area contributed by atoms with E-state index in [1.165, 1.54) is 28.3 Å². The lowest BCUT2D eigenvalue weighted by Crippen LogP contribution is -1.94. The molecular formula is C16H12O. The maximum Gasteiger partial charge on any atom is 0.185 e. The highest BCUT2D eigenvalue weighted by atomic mass is 16.1. The van der Waals surface area contributed by atoms with Gasteiger partial charge in [-0.2, -0.15) is 0 Å². The molecule has 0 amide bonds. The smallest absolute Gasteiger partial charge is 0.185 e. The number of hydrogen-bond acceptors (Lipinski definition) is 1. The largest absolute Gasteiger partial charge is 0.289 e. The molecule has 2 aromatic carbocycles. The fraction of sp³-hybridized carbons (Fsp3) is 0.0625. The van der Waals surface area contributed by atoms with Crippen LogP contribution in [-0.2, 0) is 6.42 Å². The Morgan fingerprint density at radius 2 is 1.82 bits per heavy atom. The molecule has 0 radical (unpaired) electrons. The summed E-state index contributed by atoms with van der Waals surface area (Å²) in [5, 5.41) is 0. The third-order valence-corrected chi connectivity index (χ3v) is 3.26. The summed E-state index contributed by atoms with van der Waals surface area (Å²) >= 11 is 0. The van der Waals surface area contributed by atoms with Crippen molar-refractivity contribution in [1.82, 2.24) is 0 Å². The normalized spacial score (nSPS) is 11.8. The maximum absolute atomic E-state index is 11.6. The number of fused-ring (bicyclic) bond motifs is 3. The van der Waals surface area contributed by atoms with Gasteiger partial charge >= 0.3 is 0 Å². The van der Waals surface area contributed by atoms with E-state index in [-0.39, 0.29) is 5.78 Å². The van der Waals surface area contributed by atoms with E-state index in [0.29, 0.717) is 0 Å². The fourth-order valence-corrected chi connectivity index (χ4v) is 2.42. The number of rotatable bonds is 2. The van der Waals surface area contributed by atoms with Crippen molar-refractivity contribution in [3.8, 4) is 11.1 Å². The highest BCUT2D eigenvalue weighted by molar-refractivity contribution is 6.04. The first-order valence-corrected chi connectivity index (χ1v) is 5.67. The van der Waals surface area contributed by atoms with Gasteiger partial charge in [-0.05, 0) is 40.8 Å². The van der Waals surface area contributed by atoms with Crippen LogP contribution in [0.15, 0.2) is 55.1 Å². The molecule has 1 aliphatic carbocycles. The molecule has 0 heterocycles. The molecule has 0 N–H and O–H groups in total. The van der Waals surface area contributed by atoms with Gasteiger partial charge in [-0.1, -0.05) is 43.0 Å². The van der Waals surface area contributed by atoms with Crippen LogP contribution in [0, 0.1) is 0 Å². The van der Waals surface area contributed by atoms with Crippen molar-refractivity contribution < 1.29 is 4.79 Å². The Bertz CT molecular complexity index is 623. The standard InChI is InChI=1S/C16H12O/c1-2-16(17)12-7-8-15-13(10-12)9-11-5-3-4-6-14(11)15/h2-8,10H,1,9H2. The van der Waals surface area contributed by atoms with Crippen LogP contribution in [0.25, 0.3) is 11.1 Å². The first-order chi connectivity index (χ1) is 8.29. The molecule has 0 spiro atoms. The number of ketones is 1. The van der Waals surface area contributed by atoms with E-state index in [1.807, 2.05) is 18.2 Å². The van der Waals surface area contributed by atoms with Crippen LogP contribution in [0.3, 0.4) is 0 Å². The Morgan fingerprint density at radius 1 is 1.06 bits per heavy atom. The molecule has 0 atom stereocenters. The van der Waals surface area contributed by atoms with E-state index in [2.05, 4.69) is 30.8 Å². The van der Waals surface area contributed by atoms with E-state index in [9.17, 15) is 4.79 Å². The molecule has 0 bridgehead atoms. The highest BCUT2D eigenvalue weighted by Crippen LogP contribution is 2.36. The zero-order valence-electron chi connectivity index (χ0n) is 9.44. The lowest BCUT2D eigenvalue weighted by Gasteiger charge is -2.02. The third kappa shape index (κ3) is 1.51. The predicted octanol–water partition coefficient (Wildman–Crippen LogP) is 3.63. The molecular weight excluding hydrogens is 208 g/mol. The second-order valence-corrected chi connectivity index (χ2v) is 4.27. The predicted molar refractivity (Wildman–Crippen MR) is 69.2 cm³/mol. The van der Waals surface area contributed by atoms with Crippen molar-refractivity contribution in [3.63, 3.8) is 0 Å². The van der Waals surface area contributed by atoms with Crippen LogP contribution in [-0.4, -0.2) is 5.78 Å². The van der Waals surface area contributed by atoms with Crippen LogP contribution in [0.5, 0.6) is 0 Å². The summed E-state index contributed by atoms with van der Waals surface area (Å²) in [5.74, 6) is -0.0104. The first-order valence-electron chi connectivity index (χ1n) is 5.67. The molecule has 3 rings (SSSR count). The number of carbonyl (C=O) groups excluding carboxylic acids is 1. The molecule has 1 nitrogen and oxygen atoms in total. The Kier molecular flexibility index (Phi) is 2.19. The van der Waals surface area contributed by atoms with Crippen molar-refractivity contribution in [2.75, 3.05) is 0 Å². The van der Waals surface area contributed by atoms with E-state index < -0.39 is 0 Å². The zero-order valence-corrected chi connectivity index (χ0v) is 9.44. The Balaban J connectivity index is 2.13. The van der Waals surface area contributed by atoms with Crippen LogP contribution >= 0.6 is 0 Å². The van der Waals surface area contributed by atoms with E-state index >= 15 is 0 Å². The molecule has 17 heavy (non-hydrogen) atoms. The van der Waals surface area contributed by atoms with Crippen LogP contribution in [0.2, 0.25) is 0 Å². The van der Waals surface area contributed by atoms with E-state index in [4.69, 9.17) is 0 Å². The number of allylic oxidation sites excluding steroid dienone is 1. The summed E-state index contributed by atoms with van der Waals surface area (Å²) in [5.41, 5.74) is 5.84. The second kappa shape index (κ2) is 3.70. The quantitative estimate of drug-likeness (QED) is 0.476. The van der Waals surface area contributed by atoms with Gasteiger partial charge in [0.05, 0.1) is 0 Å². The van der Waals surface area contributed by atoms with Crippen molar-refractivity contribution in [2.24, 2.45) is 0 Å². The molecule has 1 heteroatoms. The van der Waals surface area contributed by atoms with Gasteiger partial charge in [0.25, 0.3) is 0 Å². The molecule has 0 aliphatic heterocycles. The first kappa shape index (κ1) is 10.0. The Labute approximate surface area is 100 Å². The lowest BCUT2D eigenvalue weighted by atomic mass is 10.0. The monoisotopic (exact) mass is 220 g/mol. The molecule has 0 unspecified atom stereocenters. The number of hydrogen-bond donors (Lipinski definition) is 0. The van der Waals surface area contributed by atoms with Gasteiger partial charge in [0.15, 0.2) is 5.78 Å². The van der Waals surface area contributed by atoms with Crippen LogP contribution < -0.4 is 0 Å². The van der Waals surface area contributed by atoms with Gasteiger partial charge in [-0.25, -0.2) is 0 Å². The summed E-state index contributed by atoms with van der Waals surface area (Å²) in [6.07, 6.45) is 2.29. The summed E-state index contributed by atoms with van der Waals surface area (Å²) in [6.45, 7) is 3.52. The minimum atomic E-state index is -0.0104. The van der Waals surface area contributed by atoms with Gasteiger partial charge in [-0.3, -0.25) is 4.79 Å². The number of carbonyl (C=O) groups is 1. The zero-order chi connectivity index (χ0) is 11.8. The molecule has 0 fully saturated rings. The van der Waals surface area contributed by atoms with Gasteiger partial charge < -0.3 is 0 Å². The summed E-state index contributed by atoms with van der Waals surface area (Å²) in [4.78, 5) is 11.6. The highest BCUT2D eigenvalue weighted by Gasteiger charge is 2.18. The van der Waals surface area contributed by atoms with Gasteiger partial charge in [0.2, 0.25) is 0 Å². The molecule has 0 saturated carbocycles. The van der Waals surface area contributed by atoms with Crippen LogP contribution in [0.1, 0.15) is 21.5 Å². The van der Waals surface area contributed by atoms with Gasteiger partial charge in [0, 0.05) is 5.56 Å². The second-order valence-electron chi connectivity index (χ2n) is 4.27. The lowest BCUT2D eigenvalue weighted by molar-refractivity contribution is 0.104. The maximum atomic E-state index is 11.6. The summed E-state index contributed by atoms with van der Waals surface area (Å²) in [6, 6.07) is 14.3.